The molecule has 1 aromatic carbocycles. The fourth-order valence-electron chi connectivity index (χ4n) is 3.34. The van der Waals surface area contributed by atoms with Crippen molar-refractivity contribution in [3.05, 3.63) is 60.1 Å². The lowest BCUT2D eigenvalue weighted by Gasteiger charge is -2.31. The van der Waals surface area contributed by atoms with Crippen LogP contribution in [0, 0.1) is 18.7 Å². The van der Waals surface area contributed by atoms with Crippen LogP contribution in [0.15, 0.2) is 53.1 Å². The molecule has 0 bridgehead atoms. The maximum atomic E-state index is 13.7. The number of aryl methyl sites for hydroxylation is 1. The van der Waals surface area contributed by atoms with E-state index in [0.29, 0.717) is 35.5 Å². The van der Waals surface area contributed by atoms with E-state index < -0.39 is 0 Å². The molecule has 1 N–H and O–H groups in total. The quantitative estimate of drug-likeness (QED) is 0.740. The molecule has 7 heteroatoms. The third kappa shape index (κ3) is 3.88. The Morgan fingerprint density at radius 2 is 2.00 bits per heavy atom. The van der Waals surface area contributed by atoms with Crippen LogP contribution < -0.4 is 10.2 Å². The molecule has 6 nitrogen and oxygen atoms in total. The smallest absolute Gasteiger partial charge is 0.227 e. The summed E-state index contributed by atoms with van der Waals surface area (Å²) in [7, 11) is 0. The lowest BCUT2D eigenvalue weighted by molar-refractivity contribution is -0.120. The maximum Gasteiger partial charge on any atom is 0.227 e. The molecule has 1 fully saturated rings. The van der Waals surface area contributed by atoms with Gasteiger partial charge in [-0.1, -0.05) is 6.07 Å². The number of amides is 1. The first-order valence-corrected chi connectivity index (χ1v) is 9.30. The number of rotatable bonds is 4. The maximum absolute atomic E-state index is 13.7. The van der Waals surface area contributed by atoms with E-state index in [4.69, 9.17) is 4.42 Å². The fourth-order valence-corrected chi connectivity index (χ4v) is 3.34. The van der Waals surface area contributed by atoms with Gasteiger partial charge in [-0.05, 0) is 61.7 Å². The molecule has 1 amide bonds. The molecule has 144 valence electrons. The number of nitrogens with zero attached hydrogens (tertiary/aromatic N) is 3. The van der Waals surface area contributed by atoms with Gasteiger partial charge in [-0.15, -0.1) is 10.2 Å². The Kier molecular flexibility index (Phi) is 5.06. The zero-order valence-corrected chi connectivity index (χ0v) is 15.6. The van der Waals surface area contributed by atoms with Gasteiger partial charge in [0.1, 0.15) is 11.5 Å². The average Bonchev–Trinajstić information content (AvgIpc) is 3.26. The van der Waals surface area contributed by atoms with Crippen LogP contribution in [0.1, 0.15) is 18.4 Å². The van der Waals surface area contributed by atoms with Crippen LogP contribution in [0.3, 0.4) is 0 Å². The van der Waals surface area contributed by atoms with Crippen LogP contribution in [-0.2, 0) is 4.79 Å². The van der Waals surface area contributed by atoms with Crippen molar-refractivity contribution in [3.8, 4) is 11.5 Å². The summed E-state index contributed by atoms with van der Waals surface area (Å²) in [6, 6.07) is 12.2. The molecule has 0 spiro atoms. The summed E-state index contributed by atoms with van der Waals surface area (Å²) < 4.78 is 19.0. The predicted octanol–water partition coefficient (Wildman–Crippen LogP) is 4.04. The summed E-state index contributed by atoms with van der Waals surface area (Å²) in [5.41, 5.74) is 1.74. The zero-order valence-electron chi connectivity index (χ0n) is 15.6. The van der Waals surface area contributed by atoms with Gasteiger partial charge in [0.15, 0.2) is 11.6 Å². The van der Waals surface area contributed by atoms with Crippen molar-refractivity contribution < 1.29 is 13.6 Å². The predicted molar refractivity (Wildman–Crippen MR) is 104 cm³/mol. The second-order valence-electron chi connectivity index (χ2n) is 6.97. The summed E-state index contributed by atoms with van der Waals surface area (Å²) in [5.74, 6) is 0.985. The monoisotopic (exact) mass is 380 g/mol. The van der Waals surface area contributed by atoms with E-state index in [0.717, 1.165) is 18.9 Å². The SMILES string of the molecule is Cc1ccc(NC(=O)C2CCN(c3ccc(-c4ccco4)nn3)CC2)cc1F. The van der Waals surface area contributed by atoms with Crippen molar-refractivity contribution in [2.75, 3.05) is 23.3 Å². The summed E-state index contributed by atoms with van der Waals surface area (Å²) in [6.07, 6.45) is 3.02. The normalized spacial score (nSPS) is 14.9. The van der Waals surface area contributed by atoms with Crippen molar-refractivity contribution in [2.45, 2.75) is 19.8 Å². The third-order valence-corrected chi connectivity index (χ3v) is 5.05. The van der Waals surface area contributed by atoms with E-state index in [-0.39, 0.29) is 17.6 Å². The first-order valence-electron chi connectivity index (χ1n) is 9.30. The minimum absolute atomic E-state index is 0.0674. The largest absolute Gasteiger partial charge is 0.463 e. The lowest BCUT2D eigenvalue weighted by Crippen LogP contribution is -2.38. The standard InChI is InChI=1S/C21H21FN4O2/c1-14-4-5-16(13-17(14)22)23-21(27)15-8-10-26(11-9-15)20-7-6-18(24-25-20)19-3-2-12-28-19/h2-7,12-13,15H,8-11H2,1H3,(H,23,27). The molecule has 1 aliphatic rings. The molecule has 3 heterocycles. The molecule has 0 aliphatic carbocycles. The van der Waals surface area contributed by atoms with E-state index >= 15 is 0 Å². The van der Waals surface area contributed by atoms with Gasteiger partial charge in [0.2, 0.25) is 5.91 Å². The molecule has 4 rings (SSSR count). The van der Waals surface area contributed by atoms with Gasteiger partial charge in [-0.2, -0.15) is 0 Å². The van der Waals surface area contributed by atoms with Gasteiger partial charge in [0.05, 0.1) is 6.26 Å². The highest BCUT2D eigenvalue weighted by Gasteiger charge is 2.26. The molecule has 3 aromatic rings. The van der Waals surface area contributed by atoms with Crippen LogP contribution in [0.2, 0.25) is 0 Å². The van der Waals surface area contributed by atoms with Gasteiger partial charge in [-0.3, -0.25) is 4.79 Å². The molecular weight excluding hydrogens is 359 g/mol. The minimum atomic E-state index is -0.316. The average molecular weight is 380 g/mol. The number of piperidine rings is 1. The van der Waals surface area contributed by atoms with Crippen LogP contribution in [0.25, 0.3) is 11.5 Å². The number of hydrogen-bond donors (Lipinski definition) is 1. The van der Waals surface area contributed by atoms with Gasteiger partial charge >= 0.3 is 0 Å². The highest BCUT2D eigenvalue weighted by molar-refractivity contribution is 5.92. The first kappa shape index (κ1) is 18.2. The van der Waals surface area contributed by atoms with Crippen molar-refractivity contribution in [1.29, 1.82) is 0 Å². The van der Waals surface area contributed by atoms with Crippen LogP contribution >= 0.6 is 0 Å². The van der Waals surface area contributed by atoms with Crippen molar-refractivity contribution in [1.82, 2.24) is 10.2 Å². The number of nitrogens with one attached hydrogen (secondary N) is 1. The summed E-state index contributed by atoms with van der Waals surface area (Å²) in [6.45, 7) is 3.13. The molecule has 1 aliphatic heterocycles. The number of furan rings is 1. The molecule has 0 saturated carbocycles. The molecule has 0 radical (unpaired) electrons. The molecule has 2 aromatic heterocycles. The Morgan fingerprint density at radius 1 is 1.18 bits per heavy atom. The van der Waals surface area contributed by atoms with Gasteiger partial charge in [-0.25, -0.2) is 4.39 Å². The van der Waals surface area contributed by atoms with E-state index in [2.05, 4.69) is 20.4 Å². The second kappa shape index (κ2) is 7.80. The minimum Gasteiger partial charge on any atom is -0.463 e. The number of benzene rings is 1. The molecule has 1 saturated heterocycles. The van der Waals surface area contributed by atoms with E-state index in [1.54, 1.807) is 25.3 Å². The number of carbonyl (C=O) groups excluding carboxylic acids is 1. The fraction of sp³-hybridized carbons (Fsp3) is 0.286. The molecule has 0 unspecified atom stereocenters. The van der Waals surface area contributed by atoms with E-state index in [9.17, 15) is 9.18 Å². The van der Waals surface area contributed by atoms with Gasteiger partial charge < -0.3 is 14.6 Å². The van der Waals surface area contributed by atoms with Crippen LogP contribution in [-0.4, -0.2) is 29.2 Å². The number of anilines is 2. The topological polar surface area (TPSA) is 71.3 Å². The molecule has 28 heavy (non-hydrogen) atoms. The molecule has 0 atom stereocenters. The number of aromatic nitrogens is 2. The zero-order chi connectivity index (χ0) is 19.5. The van der Waals surface area contributed by atoms with Crippen molar-refractivity contribution in [2.24, 2.45) is 5.92 Å². The first-order chi connectivity index (χ1) is 13.6. The number of carbonyl (C=O) groups is 1. The Hall–Kier alpha value is -3.22. The highest BCUT2D eigenvalue weighted by atomic mass is 19.1. The third-order valence-electron chi connectivity index (χ3n) is 5.05. The second-order valence-corrected chi connectivity index (χ2v) is 6.97. The van der Waals surface area contributed by atoms with Crippen LogP contribution in [0.4, 0.5) is 15.9 Å². The van der Waals surface area contributed by atoms with Crippen molar-refractivity contribution >= 4 is 17.4 Å². The summed E-state index contributed by atoms with van der Waals surface area (Å²) >= 11 is 0. The van der Waals surface area contributed by atoms with Gasteiger partial charge in [0.25, 0.3) is 0 Å². The Bertz CT molecular complexity index is 949. The van der Waals surface area contributed by atoms with Crippen molar-refractivity contribution in [3.63, 3.8) is 0 Å². The number of hydrogen-bond acceptors (Lipinski definition) is 5. The highest BCUT2D eigenvalue weighted by Crippen LogP contribution is 2.25. The lowest BCUT2D eigenvalue weighted by atomic mass is 9.95. The van der Waals surface area contributed by atoms with Crippen LogP contribution in [0.5, 0.6) is 0 Å². The van der Waals surface area contributed by atoms with Gasteiger partial charge in [0, 0.05) is 24.7 Å². The van der Waals surface area contributed by atoms with E-state index in [1.165, 1.54) is 6.07 Å². The summed E-state index contributed by atoms with van der Waals surface area (Å²) in [5, 5.41) is 11.3. The molecular formula is C21H21FN4O2. The Labute approximate surface area is 162 Å². The number of halogens is 1. The Balaban J connectivity index is 1.33. The Morgan fingerprint density at radius 3 is 2.64 bits per heavy atom. The van der Waals surface area contributed by atoms with E-state index in [1.807, 2.05) is 24.3 Å². The summed E-state index contributed by atoms with van der Waals surface area (Å²) in [4.78, 5) is 14.6.